The van der Waals surface area contributed by atoms with E-state index in [2.05, 4.69) is 0 Å². The number of halogens is 2. The summed E-state index contributed by atoms with van der Waals surface area (Å²) in [6, 6.07) is 12.9. The molecule has 26 heavy (non-hydrogen) atoms. The smallest absolute Gasteiger partial charge is 0.237 e. The maximum atomic E-state index is 13.7. The average molecular weight is 399 g/mol. The van der Waals surface area contributed by atoms with Crippen LogP contribution in [0.3, 0.4) is 0 Å². The van der Waals surface area contributed by atoms with Gasteiger partial charge in [-0.1, -0.05) is 41.9 Å². The lowest BCUT2D eigenvalue weighted by molar-refractivity contribution is -0.130. The zero-order valence-electron chi connectivity index (χ0n) is 14.5. The summed E-state index contributed by atoms with van der Waals surface area (Å²) in [5.41, 5.74) is 1.08. The number of carbonyl (C=O) groups excluding carboxylic acids is 1. The van der Waals surface area contributed by atoms with Crippen LogP contribution in [0.2, 0.25) is 5.02 Å². The molecule has 2 aromatic rings. The van der Waals surface area contributed by atoms with Crippen LogP contribution in [-0.4, -0.2) is 43.4 Å². The highest BCUT2D eigenvalue weighted by atomic mass is 35.5. The van der Waals surface area contributed by atoms with Crippen LogP contribution in [0, 0.1) is 5.82 Å². The van der Waals surface area contributed by atoms with Gasteiger partial charge in [0.25, 0.3) is 0 Å². The second-order valence-corrected chi connectivity index (χ2v) is 8.42. The van der Waals surface area contributed by atoms with Crippen molar-refractivity contribution in [3.05, 3.63) is 70.5 Å². The van der Waals surface area contributed by atoms with Gasteiger partial charge in [0.05, 0.1) is 12.8 Å². The van der Waals surface area contributed by atoms with E-state index in [1.165, 1.54) is 18.0 Å². The standard InChI is InChI=1S/C18H20ClFN2O3S/c1-21(12-15-5-3-4-6-17(15)20)18(23)13-22(26(2,24)25)11-14-7-9-16(19)10-8-14/h3-10H,11-13H2,1-2H3. The summed E-state index contributed by atoms with van der Waals surface area (Å²) in [7, 11) is -2.09. The predicted molar refractivity (Wildman–Crippen MR) is 99.6 cm³/mol. The van der Waals surface area contributed by atoms with E-state index in [0.29, 0.717) is 16.1 Å². The van der Waals surface area contributed by atoms with Crippen LogP contribution in [0.4, 0.5) is 4.39 Å². The molecule has 0 fully saturated rings. The highest BCUT2D eigenvalue weighted by Crippen LogP contribution is 2.14. The number of carbonyl (C=O) groups is 1. The van der Waals surface area contributed by atoms with Crippen LogP contribution in [0.25, 0.3) is 0 Å². The van der Waals surface area contributed by atoms with Crippen molar-refractivity contribution in [2.24, 2.45) is 0 Å². The van der Waals surface area contributed by atoms with E-state index in [9.17, 15) is 17.6 Å². The van der Waals surface area contributed by atoms with E-state index in [0.717, 1.165) is 10.6 Å². The average Bonchev–Trinajstić information content (AvgIpc) is 2.57. The number of likely N-dealkylation sites (N-methyl/N-ethyl adjacent to an activating group) is 1. The molecule has 0 unspecified atom stereocenters. The summed E-state index contributed by atoms with van der Waals surface area (Å²) < 4.78 is 38.9. The van der Waals surface area contributed by atoms with Crippen LogP contribution in [0.15, 0.2) is 48.5 Å². The quantitative estimate of drug-likeness (QED) is 0.720. The number of hydrogen-bond acceptors (Lipinski definition) is 3. The van der Waals surface area contributed by atoms with Gasteiger partial charge in [-0.3, -0.25) is 4.79 Å². The minimum Gasteiger partial charge on any atom is -0.340 e. The normalized spacial score (nSPS) is 11.6. The molecular formula is C18H20ClFN2O3S. The molecule has 140 valence electrons. The second-order valence-electron chi connectivity index (χ2n) is 6.00. The fourth-order valence-corrected chi connectivity index (χ4v) is 3.18. The number of nitrogens with zero attached hydrogens (tertiary/aromatic N) is 2. The van der Waals surface area contributed by atoms with E-state index in [1.54, 1.807) is 42.5 Å². The molecule has 1 amide bonds. The van der Waals surface area contributed by atoms with E-state index < -0.39 is 21.7 Å². The molecule has 2 rings (SSSR count). The van der Waals surface area contributed by atoms with Crippen LogP contribution in [-0.2, 0) is 27.9 Å². The molecule has 0 aliphatic heterocycles. The third-order valence-corrected chi connectivity index (χ3v) is 5.29. The molecule has 8 heteroatoms. The number of hydrogen-bond donors (Lipinski definition) is 0. The van der Waals surface area contributed by atoms with Gasteiger partial charge in [-0.25, -0.2) is 12.8 Å². The summed E-state index contributed by atoms with van der Waals surface area (Å²) >= 11 is 5.83. The Hall–Kier alpha value is -1.96. The monoisotopic (exact) mass is 398 g/mol. The van der Waals surface area contributed by atoms with Gasteiger partial charge < -0.3 is 4.90 Å². The highest BCUT2D eigenvalue weighted by Gasteiger charge is 2.23. The Morgan fingerprint density at radius 2 is 1.69 bits per heavy atom. The molecule has 0 aromatic heterocycles. The summed E-state index contributed by atoms with van der Waals surface area (Å²) in [4.78, 5) is 13.7. The summed E-state index contributed by atoms with van der Waals surface area (Å²) in [6.07, 6.45) is 1.05. The van der Waals surface area contributed by atoms with Gasteiger partial charge >= 0.3 is 0 Å². The first-order valence-electron chi connectivity index (χ1n) is 7.84. The van der Waals surface area contributed by atoms with E-state index >= 15 is 0 Å². The molecule has 0 bridgehead atoms. The molecule has 5 nitrogen and oxygen atoms in total. The first-order valence-corrected chi connectivity index (χ1v) is 10.1. The third-order valence-electron chi connectivity index (χ3n) is 3.84. The molecule has 0 saturated heterocycles. The van der Waals surface area contributed by atoms with Gasteiger partial charge in [0.1, 0.15) is 5.82 Å². The molecular weight excluding hydrogens is 379 g/mol. The number of amides is 1. The van der Waals surface area contributed by atoms with Crippen molar-refractivity contribution >= 4 is 27.5 Å². The van der Waals surface area contributed by atoms with Crippen molar-refractivity contribution in [2.75, 3.05) is 19.8 Å². The molecule has 2 aromatic carbocycles. The number of benzene rings is 2. The van der Waals surface area contributed by atoms with Gasteiger partial charge in [0, 0.05) is 30.7 Å². The fourth-order valence-electron chi connectivity index (χ4n) is 2.33. The molecule has 0 N–H and O–H groups in total. The minimum atomic E-state index is -3.60. The van der Waals surface area contributed by atoms with Gasteiger partial charge in [-0.15, -0.1) is 0 Å². The van der Waals surface area contributed by atoms with Gasteiger partial charge in [0.15, 0.2) is 0 Å². The van der Waals surface area contributed by atoms with Crippen molar-refractivity contribution in [3.8, 4) is 0 Å². The Bertz CT molecular complexity index is 872. The molecule has 0 aliphatic rings. The first kappa shape index (κ1) is 20.4. The first-order chi connectivity index (χ1) is 12.2. The van der Waals surface area contributed by atoms with Crippen molar-refractivity contribution in [3.63, 3.8) is 0 Å². The van der Waals surface area contributed by atoms with Crippen LogP contribution in [0.5, 0.6) is 0 Å². The van der Waals surface area contributed by atoms with Gasteiger partial charge in [-0.05, 0) is 23.8 Å². The molecule has 0 spiro atoms. The Morgan fingerprint density at radius 3 is 2.27 bits per heavy atom. The molecule has 0 aliphatic carbocycles. The van der Waals surface area contributed by atoms with Crippen molar-refractivity contribution in [1.29, 1.82) is 0 Å². The van der Waals surface area contributed by atoms with Crippen LogP contribution in [0.1, 0.15) is 11.1 Å². The number of rotatable bonds is 7. The lowest BCUT2D eigenvalue weighted by atomic mass is 10.2. The SMILES string of the molecule is CN(Cc1ccccc1F)C(=O)CN(Cc1ccc(Cl)cc1)S(C)(=O)=O. The maximum Gasteiger partial charge on any atom is 0.237 e. The zero-order chi connectivity index (χ0) is 19.3. The Labute approximate surface area is 158 Å². The minimum absolute atomic E-state index is 0.0509. The highest BCUT2D eigenvalue weighted by molar-refractivity contribution is 7.88. The van der Waals surface area contributed by atoms with Crippen LogP contribution < -0.4 is 0 Å². The van der Waals surface area contributed by atoms with E-state index in [1.807, 2.05) is 0 Å². The van der Waals surface area contributed by atoms with Crippen molar-refractivity contribution in [2.45, 2.75) is 13.1 Å². The van der Waals surface area contributed by atoms with Gasteiger partial charge in [-0.2, -0.15) is 4.31 Å². The number of sulfonamides is 1. The lowest BCUT2D eigenvalue weighted by Crippen LogP contribution is -2.40. The largest absolute Gasteiger partial charge is 0.340 e. The van der Waals surface area contributed by atoms with E-state index in [4.69, 9.17) is 11.6 Å². The third kappa shape index (κ3) is 5.79. The summed E-state index contributed by atoms with van der Waals surface area (Å²) in [5, 5.41) is 0.542. The van der Waals surface area contributed by atoms with E-state index in [-0.39, 0.29) is 19.6 Å². The Morgan fingerprint density at radius 1 is 1.08 bits per heavy atom. The molecule has 0 saturated carbocycles. The second kappa shape index (κ2) is 8.62. The van der Waals surface area contributed by atoms with Crippen molar-refractivity contribution in [1.82, 2.24) is 9.21 Å². The Balaban J connectivity index is 2.08. The van der Waals surface area contributed by atoms with Gasteiger partial charge in [0.2, 0.25) is 15.9 Å². The lowest BCUT2D eigenvalue weighted by Gasteiger charge is -2.24. The topological polar surface area (TPSA) is 57.7 Å². The predicted octanol–water partition coefficient (Wildman–Crippen LogP) is 2.90. The zero-order valence-corrected chi connectivity index (χ0v) is 16.1. The summed E-state index contributed by atoms with van der Waals surface area (Å²) in [5.74, 6) is -0.832. The van der Waals surface area contributed by atoms with Crippen LogP contribution >= 0.6 is 11.6 Å². The van der Waals surface area contributed by atoms with Crippen molar-refractivity contribution < 1.29 is 17.6 Å². The Kier molecular flexibility index (Phi) is 6.75. The fraction of sp³-hybridized carbons (Fsp3) is 0.278. The molecule has 0 radical (unpaired) electrons. The molecule has 0 heterocycles. The summed E-state index contributed by atoms with van der Waals surface area (Å²) in [6.45, 7) is -0.217. The molecule has 0 atom stereocenters. The maximum absolute atomic E-state index is 13.7.